The lowest BCUT2D eigenvalue weighted by atomic mass is 10.2. The average Bonchev–Trinajstić information content (AvgIpc) is 3.05. The van der Waals surface area contributed by atoms with Gasteiger partial charge in [0.2, 0.25) is 0 Å². The third-order valence-corrected chi connectivity index (χ3v) is 4.71. The van der Waals surface area contributed by atoms with Crippen molar-refractivity contribution in [3.05, 3.63) is 17.8 Å². The van der Waals surface area contributed by atoms with Crippen LogP contribution in [0.2, 0.25) is 0 Å². The van der Waals surface area contributed by atoms with Gasteiger partial charge in [-0.2, -0.15) is 0 Å². The van der Waals surface area contributed by atoms with Crippen molar-refractivity contribution in [1.29, 1.82) is 0 Å². The first-order valence-electron chi connectivity index (χ1n) is 7.41. The highest BCUT2D eigenvalue weighted by Gasteiger charge is 2.27. The molecule has 1 aliphatic rings. The molecule has 1 fully saturated rings. The van der Waals surface area contributed by atoms with Crippen molar-refractivity contribution < 1.29 is 0 Å². The molecule has 4 nitrogen and oxygen atoms in total. The Balaban J connectivity index is 1.76. The normalized spacial score (nSPS) is 19.4. The first-order chi connectivity index (χ1) is 9.75. The highest BCUT2D eigenvalue weighted by atomic mass is 32.1. The highest BCUT2D eigenvalue weighted by molar-refractivity contribution is 7.17. The Hall–Kier alpha value is -1.20. The molecule has 0 bridgehead atoms. The number of fused-ring (bicyclic) bond motifs is 1. The van der Waals surface area contributed by atoms with Gasteiger partial charge in [0.05, 0.1) is 10.2 Å². The van der Waals surface area contributed by atoms with Crippen LogP contribution in [-0.4, -0.2) is 35.6 Å². The van der Waals surface area contributed by atoms with E-state index in [2.05, 4.69) is 45.5 Å². The van der Waals surface area contributed by atoms with Crippen LogP contribution in [0.1, 0.15) is 26.7 Å². The zero-order valence-electron chi connectivity index (χ0n) is 12.2. The first-order valence-corrected chi connectivity index (χ1v) is 8.29. The van der Waals surface area contributed by atoms with Crippen LogP contribution in [0.3, 0.4) is 0 Å². The molecule has 2 aromatic rings. The summed E-state index contributed by atoms with van der Waals surface area (Å²) in [7, 11) is 0. The Bertz CT molecular complexity index is 566. The Morgan fingerprint density at radius 2 is 2.35 bits per heavy atom. The standard InChI is InChI=1S/C15H22N4S/c1-11(2)8-16-9-12-4-3-6-19(12)15-14-13(5-7-20-14)17-10-18-15/h5,7,10-12,16H,3-4,6,8-9H2,1-2H3. The Morgan fingerprint density at radius 3 is 3.20 bits per heavy atom. The molecule has 0 aromatic carbocycles. The van der Waals surface area contributed by atoms with Gasteiger partial charge in [-0.1, -0.05) is 13.8 Å². The fourth-order valence-electron chi connectivity index (χ4n) is 2.85. The molecule has 0 amide bonds. The zero-order valence-corrected chi connectivity index (χ0v) is 13.0. The van der Waals surface area contributed by atoms with Crippen LogP contribution < -0.4 is 10.2 Å². The van der Waals surface area contributed by atoms with Crippen LogP contribution in [0.5, 0.6) is 0 Å². The molecule has 2 aromatic heterocycles. The molecule has 108 valence electrons. The molecule has 1 saturated heterocycles. The molecule has 1 unspecified atom stereocenters. The van der Waals surface area contributed by atoms with Crippen molar-refractivity contribution in [2.75, 3.05) is 24.5 Å². The molecular weight excluding hydrogens is 268 g/mol. The van der Waals surface area contributed by atoms with E-state index in [1.54, 1.807) is 17.7 Å². The Kier molecular flexibility index (Phi) is 4.17. The van der Waals surface area contributed by atoms with E-state index < -0.39 is 0 Å². The zero-order chi connectivity index (χ0) is 13.9. The number of anilines is 1. The number of thiophene rings is 1. The molecule has 3 heterocycles. The summed E-state index contributed by atoms with van der Waals surface area (Å²) in [5.74, 6) is 1.83. The maximum Gasteiger partial charge on any atom is 0.150 e. The SMILES string of the molecule is CC(C)CNCC1CCCN1c1ncnc2ccsc12. The first kappa shape index (κ1) is 13.8. The van der Waals surface area contributed by atoms with Gasteiger partial charge in [0.15, 0.2) is 0 Å². The molecule has 1 atom stereocenters. The largest absolute Gasteiger partial charge is 0.351 e. The summed E-state index contributed by atoms with van der Waals surface area (Å²) in [6.07, 6.45) is 4.20. The minimum atomic E-state index is 0.564. The van der Waals surface area contributed by atoms with Gasteiger partial charge in [0.1, 0.15) is 12.1 Å². The number of nitrogens with one attached hydrogen (secondary N) is 1. The lowest BCUT2D eigenvalue weighted by Gasteiger charge is -2.26. The molecule has 1 N–H and O–H groups in total. The highest BCUT2D eigenvalue weighted by Crippen LogP contribution is 2.32. The summed E-state index contributed by atoms with van der Waals surface area (Å²) in [5, 5.41) is 5.69. The lowest BCUT2D eigenvalue weighted by Crippen LogP contribution is -2.39. The second kappa shape index (κ2) is 6.06. The molecule has 0 aliphatic carbocycles. The number of rotatable bonds is 5. The van der Waals surface area contributed by atoms with Crippen molar-refractivity contribution in [1.82, 2.24) is 15.3 Å². The Morgan fingerprint density at radius 1 is 1.45 bits per heavy atom. The van der Waals surface area contributed by atoms with E-state index in [0.29, 0.717) is 12.0 Å². The number of hydrogen-bond acceptors (Lipinski definition) is 5. The van der Waals surface area contributed by atoms with Crippen molar-refractivity contribution in [3.63, 3.8) is 0 Å². The second-order valence-electron chi connectivity index (χ2n) is 5.87. The molecule has 1 aliphatic heterocycles. The van der Waals surface area contributed by atoms with Crippen molar-refractivity contribution in [2.45, 2.75) is 32.7 Å². The smallest absolute Gasteiger partial charge is 0.150 e. The second-order valence-corrected chi connectivity index (χ2v) is 6.79. The summed E-state index contributed by atoms with van der Waals surface area (Å²) in [5.41, 5.74) is 1.07. The van der Waals surface area contributed by atoms with E-state index >= 15 is 0 Å². The number of nitrogens with zero attached hydrogens (tertiary/aromatic N) is 3. The maximum atomic E-state index is 4.55. The van der Waals surface area contributed by atoms with Crippen molar-refractivity contribution >= 4 is 27.4 Å². The van der Waals surface area contributed by atoms with Gasteiger partial charge in [-0.15, -0.1) is 11.3 Å². The third kappa shape index (κ3) is 2.79. The van der Waals surface area contributed by atoms with E-state index in [4.69, 9.17) is 0 Å². The van der Waals surface area contributed by atoms with Gasteiger partial charge < -0.3 is 10.2 Å². The minimum Gasteiger partial charge on any atom is -0.351 e. The number of aromatic nitrogens is 2. The van der Waals surface area contributed by atoms with Crippen LogP contribution in [-0.2, 0) is 0 Å². The van der Waals surface area contributed by atoms with E-state index in [1.165, 1.54) is 17.5 Å². The predicted octanol–water partition coefficient (Wildman–Crippen LogP) is 2.91. The summed E-state index contributed by atoms with van der Waals surface area (Å²) in [6.45, 7) is 7.74. The van der Waals surface area contributed by atoms with Gasteiger partial charge in [0.25, 0.3) is 0 Å². The van der Waals surface area contributed by atoms with E-state index in [-0.39, 0.29) is 0 Å². The van der Waals surface area contributed by atoms with E-state index in [0.717, 1.165) is 31.0 Å². The monoisotopic (exact) mass is 290 g/mol. The molecule has 3 rings (SSSR count). The van der Waals surface area contributed by atoms with E-state index in [1.807, 2.05) is 0 Å². The van der Waals surface area contributed by atoms with Crippen molar-refractivity contribution in [2.24, 2.45) is 5.92 Å². The van der Waals surface area contributed by atoms with Gasteiger partial charge in [-0.3, -0.25) is 0 Å². The molecule has 0 saturated carbocycles. The summed E-state index contributed by atoms with van der Waals surface area (Å²) in [4.78, 5) is 11.4. The molecule has 5 heteroatoms. The van der Waals surface area contributed by atoms with Crippen LogP contribution in [0, 0.1) is 5.92 Å². The minimum absolute atomic E-state index is 0.564. The molecular formula is C15H22N4S. The van der Waals surface area contributed by atoms with E-state index in [9.17, 15) is 0 Å². The third-order valence-electron chi connectivity index (χ3n) is 3.81. The van der Waals surface area contributed by atoms with Crippen LogP contribution >= 0.6 is 11.3 Å². The fourth-order valence-corrected chi connectivity index (χ4v) is 3.70. The summed E-state index contributed by atoms with van der Waals surface area (Å²) in [6, 6.07) is 2.64. The Labute approximate surface area is 124 Å². The average molecular weight is 290 g/mol. The van der Waals surface area contributed by atoms with Crippen LogP contribution in [0.25, 0.3) is 10.2 Å². The van der Waals surface area contributed by atoms with Crippen LogP contribution in [0.15, 0.2) is 17.8 Å². The quantitative estimate of drug-likeness (QED) is 0.919. The fraction of sp³-hybridized carbons (Fsp3) is 0.600. The van der Waals surface area contributed by atoms with Gasteiger partial charge in [0, 0.05) is 19.1 Å². The van der Waals surface area contributed by atoms with Gasteiger partial charge in [-0.05, 0) is 36.8 Å². The molecule has 0 spiro atoms. The number of hydrogen-bond donors (Lipinski definition) is 1. The molecule has 0 radical (unpaired) electrons. The predicted molar refractivity (Wildman–Crippen MR) is 85.5 cm³/mol. The topological polar surface area (TPSA) is 41.0 Å². The van der Waals surface area contributed by atoms with Gasteiger partial charge >= 0.3 is 0 Å². The van der Waals surface area contributed by atoms with Crippen molar-refractivity contribution in [3.8, 4) is 0 Å². The lowest BCUT2D eigenvalue weighted by molar-refractivity contribution is 0.511. The van der Waals surface area contributed by atoms with Crippen LogP contribution in [0.4, 0.5) is 5.82 Å². The maximum absolute atomic E-state index is 4.55. The molecule has 20 heavy (non-hydrogen) atoms. The summed E-state index contributed by atoms with van der Waals surface area (Å²) < 4.78 is 1.23. The summed E-state index contributed by atoms with van der Waals surface area (Å²) >= 11 is 1.74. The van der Waals surface area contributed by atoms with Gasteiger partial charge in [-0.25, -0.2) is 9.97 Å².